The Bertz CT molecular complexity index is 1080. The molecule has 0 aliphatic carbocycles. The molecule has 26 heavy (non-hydrogen) atoms. The monoisotopic (exact) mass is 382 g/mol. The zero-order valence-corrected chi connectivity index (χ0v) is 14.9. The first-order valence-corrected chi connectivity index (χ1v) is 8.41. The molecule has 2 N–H and O–H groups in total. The Balaban J connectivity index is 1.88. The molecular formula is C18H12Cl2N6. The third kappa shape index (κ3) is 2.89. The number of rotatable bonds is 3. The van der Waals surface area contributed by atoms with Crippen molar-refractivity contribution in [3.05, 3.63) is 71.4 Å². The maximum absolute atomic E-state index is 6.35. The minimum absolute atomic E-state index is 0.343. The van der Waals surface area contributed by atoms with E-state index in [9.17, 15) is 0 Å². The number of hydrogen-bond donors (Lipinski definition) is 1. The molecule has 1 aromatic carbocycles. The van der Waals surface area contributed by atoms with Gasteiger partial charge in [0.25, 0.3) is 0 Å². The second-order valence-electron chi connectivity index (χ2n) is 5.49. The molecule has 3 aromatic heterocycles. The largest absolute Gasteiger partial charge is 0.383 e. The van der Waals surface area contributed by atoms with Crippen LogP contribution in [-0.4, -0.2) is 24.7 Å². The van der Waals surface area contributed by atoms with E-state index in [4.69, 9.17) is 28.9 Å². The van der Waals surface area contributed by atoms with Gasteiger partial charge in [-0.25, -0.2) is 4.98 Å². The van der Waals surface area contributed by atoms with Gasteiger partial charge in [0, 0.05) is 24.2 Å². The molecule has 0 aliphatic heterocycles. The predicted molar refractivity (Wildman–Crippen MR) is 102 cm³/mol. The van der Waals surface area contributed by atoms with Gasteiger partial charge in [-0.1, -0.05) is 29.3 Å². The van der Waals surface area contributed by atoms with E-state index >= 15 is 0 Å². The van der Waals surface area contributed by atoms with Crippen molar-refractivity contribution in [3.63, 3.8) is 0 Å². The molecule has 0 amide bonds. The molecule has 0 atom stereocenters. The maximum Gasteiger partial charge on any atom is 0.172 e. The molecule has 6 nitrogen and oxygen atoms in total. The topological polar surface area (TPSA) is 82.5 Å². The standard InChI is InChI=1S/C18H12Cl2N6/c19-14-2-1-3-15(16(14)20)26-10-24-25-18(26)13-8-12(9-23-17(13)21)11-4-6-22-7-5-11/h1-10H,(H2,21,23). The Morgan fingerprint density at radius 3 is 2.62 bits per heavy atom. The lowest BCUT2D eigenvalue weighted by Gasteiger charge is -2.11. The second-order valence-corrected chi connectivity index (χ2v) is 6.28. The van der Waals surface area contributed by atoms with Crippen LogP contribution in [0.2, 0.25) is 10.0 Å². The molecule has 4 aromatic rings. The SMILES string of the molecule is Nc1ncc(-c2ccncc2)cc1-c1nncn1-c1cccc(Cl)c1Cl. The molecule has 0 saturated carbocycles. The lowest BCUT2D eigenvalue weighted by Crippen LogP contribution is -2.02. The van der Waals surface area contributed by atoms with E-state index in [1.807, 2.05) is 30.3 Å². The van der Waals surface area contributed by atoms with Gasteiger partial charge in [-0.2, -0.15) is 0 Å². The van der Waals surface area contributed by atoms with E-state index in [1.165, 1.54) is 0 Å². The number of nitrogens with two attached hydrogens (primary N) is 1. The van der Waals surface area contributed by atoms with Crippen LogP contribution in [0.25, 0.3) is 28.2 Å². The minimum atomic E-state index is 0.343. The summed E-state index contributed by atoms with van der Waals surface area (Å²) in [6, 6.07) is 11.1. The molecule has 0 bridgehead atoms. The molecule has 0 spiro atoms. The van der Waals surface area contributed by atoms with Gasteiger partial charge in [0.1, 0.15) is 12.1 Å². The molecule has 128 valence electrons. The van der Waals surface area contributed by atoms with Crippen molar-refractivity contribution >= 4 is 29.0 Å². The predicted octanol–water partition coefficient (Wildman–Crippen LogP) is 4.28. The van der Waals surface area contributed by atoms with Crippen LogP contribution in [0, 0.1) is 0 Å². The first-order valence-electron chi connectivity index (χ1n) is 7.66. The van der Waals surface area contributed by atoms with E-state index in [0.717, 1.165) is 11.1 Å². The zero-order chi connectivity index (χ0) is 18.1. The van der Waals surface area contributed by atoms with Gasteiger partial charge in [-0.3, -0.25) is 9.55 Å². The van der Waals surface area contributed by atoms with Crippen LogP contribution in [0.5, 0.6) is 0 Å². The summed E-state index contributed by atoms with van der Waals surface area (Å²) in [7, 11) is 0. The Morgan fingerprint density at radius 2 is 1.81 bits per heavy atom. The Labute approximate surface area is 159 Å². The van der Waals surface area contributed by atoms with Crippen molar-refractivity contribution in [2.45, 2.75) is 0 Å². The second kappa shape index (κ2) is 6.74. The normalized spacial score (nSPS) is 10.8. The lowest BCUT2D eigenvalue weighted by molar-refractivity contribution is 1.06. The van der Waals surface area contributed by atoms with Crippen molar-refractivity contribution < 1.29 is 0 Å². The Morgan fingerprint density at radius 1 is 1.00 bits per heavy atom. The zero-order valence-electron chi connectivity index (χ0n) is 13.3. The average Bonchev–Trinajstić information content (AvgIpc) is 3.14. The molecule has 8 heteroatoms. The van der Waals surface area contributed by atoms with Crippen molar-refractivity contribution in [2.24, 2.45) is 0 Å². The molecule has 0 saturated heterocycles. The van der Waals surface area contributed by atoms with E-state index in [2.05, 4.69) is 20.2 Å². The number of pyridine rings is 2. The number of nitrogens with zero attached hydrogens (tertiary/aromatic N) is 5. The van der Waals surface area contributed by atoms with E-state index in [0.29, 0.717) is 32.9 Å². The Kier molecular flexibility index (Phi) is 4.28. The van der Waals surface area contributed by atoms with Crippen LogP contribution in [-0.2, 0) is 0 Å². The van der Waals surface area contributed by atoms with Gasteiger partial charge in [0.2, 0.25) is 0 Å². The number of aromatic nitrogens is 5. The molecular weight excluding hydrogens is 371 g/mol. The maximum atomic E-state index is 6.35. The smallest absolute Gasteiger partial charge is 0.172 e. The van der Waals surface area contributed by atoms with Gasteiger partial charge >= 0.3 is 0 Å². The van der Waals surface area contributed by atoms with Crippen molar-refractivity contribution in [1.29, 1.82) is 0 Å². The number of benzene rings is 1. The molecule has 0 aliphatic rings. The fourth-order valence-electron chi connectivity index (χ4n) is 2.63. The molecule has 3 heterocycles. The van der Waals surface area contributed by atoms with Crippen molar-refractivity contribution in [1.82, 2.24) is 24.7 Å². The molecule has 0 unspecified atom stereocenters. The number of anilines is 1. The van der Waals surface area contributed by atoms with Crippen molar-refractivity contribution in [3.8, 4) is 28.2 Å². The summed E-state index contributed by atoms with van der Waals surface area (Å²) < 4.78 is 1.73. The third-order valence-electron chi connectivity index (χ3n) is 3.91. The summed E-state index contributed by atoms with van der Waals surface area (Å²) in [5.41, 5.74) is 9.28. The summed E-state index contributed by atoms with van der Waals surface area (Å²) in [5.74, 6) is 0.866. The molecule has 0 radical (unpaired) electrons. The highest BCUT2D eigenvalue weighted by atomic mass is 35.5. The third-order valence-corrected chi connectivity index (χ3v) is 4.72. The Hall–Kier alpha value is -2.96. The van der Waals surface area contributed by atoms with Crippen LogP contribution in [0.4, 0.5) is 5.82 Å². The molecule has 0 fully saturated rings. The highest BCUT2D eigenvalue weighted by Crippen LogP contribution is 2.33. The van der Waals surface area contributed by atoms with Gasteiger partial charge in [-0.15, -0.1) is 10.2 Å². The average molecular weight is 383 g/mol. The van der Waals surface area contributed by atoms with Crippen LogP contribution < -0.4 is 5.73 Å². The first kappa shape index (κ1) is 16.5. The minimum Gasteiger partial charge on any atom is -0.383 e. The summed E-state index contributed by atoms with van der Waals surface area (Å²) in [6.07, 6.45) is 6.71. The highest BCUT2D eigenvalue weighted by Gasteiger charge is 2.17. The van der Waals surface area contributed by atoms with Gasteiger partial charge in [-0.05, 0) is 35.9 Å². The number of hydrogen-bond acceptors (Lipinski definition) is 5. The van der Waals surface area contributed by atoms with Crippen LogP contribution in [0.3, 0.4) is 0 Å². The summed E-state index contributed by atoms with van der Waals surface area (Å²) >= 11 is 12.5. The summed E-state index contributed by atoms with van der Waals surface area (Å²) in [6.45, 7) is 0. The summed E-state index contributed by atoms with van der Waals surface area (Å²) in [5, 5.41) is 9.07. The fourth-order valence-corrected chi connectivity index (χ4v) is 3.02. The highest BCUT2D eigenvalue weighted by molar-refractivity contribution is 6.43. The number of halogens is 2. The van der Waals surface area contributed by atoms with Gasteiger partial charge < -0.3 is 5.73 Å². The fraction of sp³-hybridized carbons (Fsp3) is 0. The van der Waals surface area contributed by atoms with E-state index in [1.54, 1.807) is 35.6 Å². The van der Waals surface area contributed by atoms with Gasteiger partial charge in [0.15, 0.2) is 5.82 Å². The summed E-state index contributed by atoms with van der Waals surface area (Å²) in [4.78, 5) is 8.34. The van der Waals surface area contributed by atoms with Crippen LogP contribution in [0.1, 0.15) is 0 Å². The van der Waals surface area contributed by atoms with Crippen molar-refractivity contribution in [2.75, 3.05) is 5.73 Å². The number of nitrogen functional groups attached to an aromatic ring is 1. The van der Waals surface area contributed by atoms with E-state index < -0.39 is 0 Å². The van der Waals surface area contributed by atoms with E-state index in [-0.39, 0.29) is 0 Å². The van der Waals surface area contributed by atoms with Gasteiger partial charge in [0.05, 0.1) is 21.3 Å². The van der Waals surface area contributed by atoms with Crippen LogP contribution in [0.15, 0.2) is 61.3 Å². The lowest BCUT2D eigenvalue weighted by atomic mass is 10.1. The van der Waals surface area contributed by atoms with Crippen LogP contribution >= 0.6 is 23.2 Å². The molecule has 4 rings (SSSR count). The first-order chi connectivity index (χ1) is 12.6. The quantitative estimate of drug-likeness (QED) is 0.571.